The van der Waals surface area contributed by atoms with E-state index in [2.05, 4.69) is 15.3 Å². The summed E-state index contributed by atoms with van der Waals surface area (Å²) in [6.07, 6.45) is 3.14. The minimum absolute atomic E-state index is 0.0417. The lowest BCUT2D eigenvalue weighted by Crippen LogP contribution is -2.17. The first-order chi connectivity index (χ1) is 12.1. The third-order valence-corrected chi connectivity index (χ3v) is 5.58. The number of pyridine rings is 1. The highest BCUT2D eigenvalue weighted by Gasteiger charge is 2.35. The molecule has 1 amide bonds. The number of amides is 1. The van der Waals surface area contributed by atoms with Gasteiger partial charge in [0.05, 0.1) is 5.75 Å². The monoisotopic (exact) mass is 354 g/mol. The van der Waals surface area contributed by atoms with Gasteiger partial charge in [-0.1, -0.05) is 30.3 Å². The Morgan fingerprint density at radius 2 is 1.80 bits per heavy atom. The molecule has 1 aliphatic rings. The molecule has 0 spiro atoms. The highest BCUT2D eigenvalue weighted by Crippen LogP contribution is 2.30. The number of hydrogen-bond acceptors (Lipinski definition) is 5. The van der Waals surface area contributed by atoms with E-state index in [-0.39, 0.29) is 23.1 Å². The fraction of sp³-hybridized carbons (Fsp3) is 0.118. The lowest BCUT2D eigenvalue weighted by atomic mass is 10.1. The van der Waals surface area contributed by atoms with Crippen molar-refractivity contribution in [3.05, 3.63) is 60.6 Å². The van der Waals surface area contributed by atoms with Crippen LogP contribution in [0.4, 0.5) is 5.69 Å². The van der Waals surface area contributed by atoms with Crippen molar-refractivity contribution >= 4 is 21.4 Å². The second-order valence-electron chi connectivity index (χ2n) is 5.62. The summed E-state index contributed by atoms with van der Waals surface area (Å²) in [6, 6.07) is 12.4. The van der Waals surface area contributed by atoms with Gasteiger partial charge in [0.15, 0.2) is 0 Å². The first-order valence-corrected chi connectivity index (χ1v) is 9.31. The Morgan fingerprint density at radius 3 is 2.52 bits per heavy atom. The third-order valence-electron chi connectivity index (χ3n) is 3.99. The van der Waals surface area contributed by atoms with Crippen LogP contribution in [0.15, 0.2) is 60.0 Å². The third kappa shape index (κ3) is 2.70. The van der Waals surface area contributed by atoms with Gasteiger partial charge < -0.3 is 9.88 Å². The summed E-state index contributed by atoms with van der Waals surface area (Å²) in [4.78, 5) is 21.0. The van der Waals surface area contributed by atoms with Crippen molar-refractivity contribution < 1.29 is 13.2 Å². The van der Waals surface area contributed by atoms with Crippen LogP contribution in [0.3, 0.4) is 0 Å². The van der Waals surface area contributed by atoms with Crippen molar-refractivity contribution in [3.8, 4) is 11.3 Å². The molecular weight excluding hydrogens is 340 g/mol. The number of hydrogen-bond donors (Lipinski definition) is 1. The fourth-order valence-corrected chi connectivity index (χ4v) is 4.19. The van der Waals surface area contributed by atoms with Gasteiger partial charge in [0.25, 0.3) is 5.91 Å². The molecule has 0 unspecified atom stereocenters. The Bertz CT molecular complexity index is 1040. The van der Waals surface area contributed by atoms with Crippen LogP contribution in [0.5, 0.6) is 0 Å². The molecule has 3 aromatic rings. The van der Waals surface area contributed by atoms with Crippen molar-refractivity contribution in [3.63, 3.8) is 0 Å². The lowest BCUT2D eigenvalue weighted by Gasteiger charge is -2.08. The van der Waals surface area contributed by atoms with Crippen LogP contribution in [0, 0.1) is 0 Å². The van der Waals surface area contributed by atoms with Crippen molar-refractivity contribution in [2.24, 2.45) is 0 Å². The van der Waals surface area contributed by atoms with Gasteiger partial charge in [-0.15, -0.1) is 0 Å². The molecule has 0 fully saturated rings. The average Bonchev–Trinajstić information content (AvgIpc) is 3.14. The molecule has 2 aromatic heterocycles. The van der Waals surface area contributed by atoms with Crippen LogP contribution in [-0.4, -0.2) is 34.6 Å². The van der Waals surface area contributed by atoms with E-state index in [4.69, 9.17) is 0 Å². The van der Waals surface area contributed by atoms with E-state index < -0.39 is 15.7 Å². The van der Waals surface area contributed by atoms with Crippen molar-refractivity contribution in [1.82, 2.24) is 14.5 Å². The number of aromatic nitrogens is 3. The number of sulfone groups is 1. The van der Waals surface area contributed by atoms with E-state index >= 15 is 0 Å². The summed E-state index contributed by atoms with van der Waals surface area (Å²) >= 11 is 0. The van der Waals surface area contributed by atoms with Crippen molar-refractivity contribution in [2.45, 2.75) is 11.7 Å². The molecule has 0 saturated carbocycles. The smallest absolute Gasteiger partial charge is 0.274 e. The number of fused-ring (bicyclic) bond motifs is 1. The molecule has 3 heterocycles. The molecule has 0 radical (unpaired) electrons. The topological polar surface area (TPSA) is 93.9 Å². The van der Waals surface area contributed by atoms with Crippen LogP contribution in [0.25, 0.3) is 11.3 Å². The van der Waals surface area contributed by atoms with Crippen LogP contribution in [0.2, 0.25) is 0 Å². The largest absolute Gasteiger partial charge is 0.321 e. The number of carbonyl (C=O) groups excluding carboxylic acids is 1. The zero-order valence-electron chi connectivity index (χ0n) is 13.1. The van der Waals surface area contributed by atoms with Crippen LogP contribution in [0.1, 0.15) is 10.5 Å². The second-order valence-corrected chi connectivity index (χ2v) is 7.62. The Hall–Kier alpha value is -3.00. The number of nitrogens with zero attached hydrogens (tertiary/aromatic N) is 3. The molecule has 126 valence electrons. The minimum atomic E-state index is -3.46. The zero-order chi connectivity index (χ0) is 17.4. The van der Waals surface area contributed by atoms with Crippen molar-refractivity contribution in [2.75, 3.05) is 11.1 Å². The zero-order valence-corrected chi connectivity index (χ0v) is 13.9. The van der Waals surface area contributed by atoms with Gasteiger partial charge in [0.1, 0.15) is 11.4 Å². The minimum Gasteiger partial charge on any atom is -0.321 e. The number of carbonyl (C=O) groups is 1. The maximum absolute atomic E-state index is 12.9. The van der Waals surface area contributed by atoms with Gasteiger partial charge in [0, 0.05) is 30.2 Å². The van der Waals surface area contributed by atoms with Crippen molar-refractivity contribution in [1.29, 1.82) is 0 Å². The lowest BCUT2D eigenvalue weighted by molar-refractivity contribution is 0.101. The molecule has 1 aliphatic heterocycles. The standard InChI is InChI=1S/C17H14N4O3S/c22-16(19-13-6-8-18-9-7-13)15-14(12-4-2-1-3-5-12)20-17-21(15)10-11-25(17,23)24/h1-9H,10-11H2,(H,18,19,22). The fourth-order valence-electron chi connectivity index (χ4n) is 2.83. The van der Waals surface area contributed by atoms with Gasteiger partial charge >= 0.3 is 0 Å². The maximum Gasteiger partial charge on any atom is 0.274 e. The Kier molecular flexibility index (Phi) is 3.61. The molecular formula is C17H14N4O3S. The van der Waals surface area contributed by atoms with Crippen LogP contribution < -0.4 is 5.32 Å². The molecule has 7 nitrogen and oxygen atoms in total. The number of rotatable bonds is 3. The molecule has 0 saturated heterocycles. The van der Waals surface area contributed by atoms with E-state index in [0.29, 0.717) is 16.9 Å². The quantitative estimate of drug-likeness (QED) is 0.776. The summed E-state index contributed by atoms with van der Waals surface area (Å²) in [5.41, 5.74) is 1.89. The van der Waals surface area contributed by atoms with Crippen LogP contribution in [-0.2, 0) is 16.4 Å². The molecule has 1 aromatic carbocycles. The Labute approximate surface area is 144 Å². The molecule has 8 heteroatoms. The summed E-state index contributed by atoms with van der Waals surface area (Å²) < 4.78 is 25.9. The number of imidazole rings is 1. The predicted octanol–water partition coefficient (Wildman–Crippen LogP) is 1.98. The molecule has 4 rings (SSSR count). The van der Waals surface area contributed by atoms with E-state index in [1.807, 2.05) is 18.2 Å². The maximum atomic E-state index is 12.9. The van der Waals surface area contributed by atoms with Gasteiger partial charge in [-0.2, -0.15) is 0 Å². The summed E-state index contributed by atoms with van der Waals surface area (Å²) in [6.45, 7) is 0.219. The van der Waals surface area contributed by atoms with Gasteiger partial charge in [-0.25, -0.2) is 13.4 Å². The van der Waals surface area contributed by atoms with Gasteiger partial charge in [-0.05, 0) is 12.1 Å². The van der Waals surface area contributed by atoms with E-state index in [1.54, 1.807) is 36.7 Å². The number of benzene rings is 1. The summed E-state index contributed by atoms with van der Waals surface area (Å²) in [7, 11) is -3.46. The SMILES string of the molecule is O=C(Nc1ccncc1)c1c(-c2ccccc2)nc2n1CCS2(=O)=O. The molecule has 0 aliphatic carbocycles. The second kappa shape index (κ2) is 5.82. The molecule has 25 heavy (non-hydrogen) atoms. The van der Waals surface area contributed by atoms with Gasteiger partial charge in [0.2, 0.25) is 15.0 Å². The predicted molar refractivity (Wildman–Crippen MR) is 91.9 cm³/mol. The molecule has 0 atom stereocenters. The van der Waals surface area contributed by atoms with Gasteiger partial charge in [-0.3, -0.25) is 9.78 Å². The normalized spacial score (nSPS) is 14.9. The Morgan fingerprint density at radius 1 is 1.08 bits per heavy atom. The highest BCUT2D eigenvalue weighted by molar-refractivity contribution is 7.91. The first kappa shape index (κ1) is 15.5. The molecule has 1 N–H and O–H groups in total. The average molecular weight is 354 g/mol. The number of nitrogens with one attached hydrogen (secondary N) is 1. The summed E-state index contributed by atoms with van der Waals surface area (Å²) in [5.74, 6) is -0.444. The van der Waals surface area contributed by atoms with Crippen LogP contribution >= 0.6 is 0 Å². The van der Waals surface area contributed by atoms with E-state index in [1.165, 1.54) is 4.57 Å². The van der Waals surface area contributed by atoms with E-state index in [9.17, 15) is 13.2 Å². The van der Waals surface area contributed by atoms with E-state index in [0.717, 1.165) is 0 Å². The first-order valence-electron chi connectivity index (χ1n) is 7.66. The highest BCUT2D eigenvalue weighted by atomic mass is 32.2. The summed E-state index contributed by atoms with van der Waals surface area (Å²) in [5, 5.41) is 2.73. The molecule has 0 bridgehead atoms. The Balaban J connectivity index is 1.84. The number of anilines is 1.